The molecule has 2 N–H and O–H groups in total. The first kappa shape index (κ1) is 25.6. The molecule has 156 valence electrons. The topological polar surface area (TPSA) is 83.8 Å². The normalized spacial score (nSPS) is 13.6. The van der Waals surface area contributed by atoms with Crippen LogP contribution in [0.1, 0.15) is 109 Å². The van der Waals surface area contributed by atoms with Crippen molar-refractivity contribution in [3.8, 4) is 0 Å². The van der Waals surface area contributed by atoms with E-state index in [2.05, 4.69) is 4.52 Å². The first-order valence-corrected chi connectivity index (χ1v) is 12.3. The van der Waals surface area contributed by atoms with Crippen molar-refractivity contribution in [3.05, 3.63) is 0 Å². The first-order chi connectivity index (χ1) is 12.5. The zero-order valence-electron chi connectivity index (χ0n) is 16.8. The Labute approximate surface area is 160 Å². The van der Waals surface area contributed by atoms with Gasteiger partial charge in [0.1, 0.15) is 0 Å². The van der Waals surface area contributed by atoms with Crippen LogP contribution in [0.4, 0.5) is 0 Å². The van der Waals surface area contributed by atoms with Crippen LogP contribution in [0.25, 0.3) is 0 Å². The molecule has 0 radical (unpaired) electrons. The van der Waals surface area contributed by atoms with E-state index < -0.39 is 13.6 Å². The molecule has 0 saturated carbocycles. The van der Waals surface area contributed by atoms with Crippen molar-refractivity contribution >= 4 is 13.6 Å². The Bertz CT molecular complexity index is 373. The number of carboxylic acid groups (broad SMARTS) is 1. The third-order valence-electron chi connectivity index (χ3n) is 4.87. The Balaban J connectivity index is 3.09. The van der Waals surface area contributed by atoms with Crippen LogP contribution in [0.2, 0.25) is 0 Å². The van der Waals surface area contributed by atoms with Gasteiger partial charge in [0.2, 0.25) is 0 Å². The summed E-state index contributed by atoms with van der Waals surface area (Å²) in [4.78, 5) is 19.7. The van der Waals surface area contributed by atoms with Gasteiger partial charge in [0.05, 0.1) is 0 Å². The summed E-state index contributed by atoms with van der Waals surface area (Å²) in [5.41, 5.74) is 0. The van der Waals surface area contributed by atoms with E-state index >= 15 is 0 Å². The molecule has 1 unspecified atom stereocenters. The first-order valence-electron chi connectivity index (χ1n) is 10.6. The summed E-state index contributed by atoms with van der Waals surface area (Å²) in [5.74, 6) is -0.676. The second-order valence-electron chi connectivity index (χ2n) is 7.34. The third-order valence-corrected chi connectivity index (χ3v) is 6.32. The van der Waals surface area contributed by atoms with Crippen LogP contribution in [0.5, 0.6) is 0 Å². The van der Waals surface area contributed by atoms with Gasteiger partial charge in [-0.3, -0.25) is 9.36 Å². The lowest BCUT2D eigenvalue weighted by Crippen LogP contribution is -1.93. The lowest BCUT2D eigenvalue weighted by molar-refractivity contribution is -0.137. The maximum absolute atomic E-state index is 11.3. The highest BCUT2D eigenvalue weighted by Gasteiger charge is 2.15. The van der Waals surface area contributed by atoms with E-state index in [-0.39, 0.29) is 6.16 Å². The van der Waals surface area contributed by atoms with Gasteiger partial charge in [-0.15, -0.1) is 0 Å². The molecule has 0 heterocycles. The lowest BCUT2D eigenvalue weighted by Gasteiger charge is -2.07. The standard InChI is InChI=1S/C20H41O5P/c1-25-26(23,24)19-17-15-13-11-9-7-5-3-2-4-6-8-10-12-14-16-18-20(21)22/h2-19H2,1H3,(H,21,22)(H,23,24). The number of carboxylic acids is 1. The van der Waals surface area contributed by atoms with E-state index in [1.807, 2.05) is 0 Å². The molecule has 0 aliphatic rings. The molecule has 26 heavy (non-hydrogen) atoms. The summed E-state index contributed by atoms with van der Waals surface area (Å²) in [6.07, 6.45) is 19.6. The number of unbranched alkanes of at least 4 members (excludes halogenated alkanes) is 15. The molecule has 0 aliphatic carbocycles. The van der Waals surface area contributed by atoms with Gasteiger partial charge in [0.15, 0.2) is 0 Å². The Kier molecular flexibility index (Phi) is 17.7. The van der Waals surface area contributed by atoms with Crippen LogP contribution in [-0.2, 0) is 13.9 Å². The maximum Gasteiger partial charge on any atom is 0.327 e. The van der Waals surface area contributed by atoms with Gasteiger partial charge < -0.3 is 14.5 Å². The maximum atomic E-state index is 11.3. The van der Waals surface area contributed by atoms with Crippen molar-refractivity contribution in [3.63, 3.8) is 0 Å². The zero-order valence-corrected chi connectivity index (χ0v) is 17.7. The molecule has 6 heteroatoms. The van der Waals surface area contributed by atoms with E-state index in [1.165, 1.54) is 77.7 Å². The fourth-order valence-electron chi connectivity index (χ4n) is 3.15. The summed E-state index contributed by atoms with van der Waals surface area (Å²) >= 11 is 0. The highest BCUT2D eigenvalue weighted by molar-refractivity contribution is 7.52. The van der Waals surface area contributed by atoms with Gasteiger partial charge in [-0.1, -0.05) is 89.9 Å². The van der Waals surface area contributed by atoms with Crippen molar-refractivity contribution < 1.29 is 23.9 Å². The summed E-state index contributed by atoms with van der Waals surface area (Å²) < 4.78 is 15.8. The van der Waals surface area contributed by atoms with Gasteiger partial charge in [-0.05, 0) is 12.8 Å². The fraction of sp³-hybridized carbons (Fsp3) is 0.950. The monoisotopic (exact) mass is 392 g/mol. The van der Waals surface area contributed by atoms with E-state index in [9.17, 15) is 14.3 Å². The summed E-state index contributed by atoms with van der Waals surface area (Å²) in [7, 11) is -1.99. The Morgan fingerprint density at radius 1 is 0.692 bits per heavy atom. The predicted molar refractivity (Wildman–Crippen MR) is 108 cm³/mol. The van der Waals surface area contributed by atoms with Crippen molar-refractivity contribution in [1.29, 1.82) is 0 Å². The van der Waals surface area contributed by atoms with Gasteiger partial charge in [-0.2, -0.15) is 0 Å². The quantitative estimate of drug-likeness (QED) is 0.182. The molecule has 5 nitrogen and oxygen atoms in total. The Hall–Kier alpha value is -0.380. The zero-order chi connectivity index (χ0) is 19.5. The second kappa shape index (κ2) is 18.0. The number of rotatable bonds is 20. The van der Waals surface area contributed by atoms with Gasteiger partial charge >= 0.3 is 13.6 Å². The van der Waals surface area contributed by atoms with Crippen molar-refractivity contribution in [2.45, 2.75) is 109 Å². The highest BCUT2D eigenvalue weighted by Crippen LogP contribution is 2.41. The van der Waals surface area contributed by atoms with E-state index in [0.29, 0.717) is 6.42 Å². The molecule has 0 fully saturated rings. The minimum Gasteiger partial charge on any atom is -0.481 e. The van der Waals surface area contributed by atoms with Crippen LogP contribution < -0.4 is 0 Å². The predicted octanol–water partition coefficient (Wildman–Crippen LogP) is 6.53. The SMILES string of the molecule is COP(=O)(O)CCCCCCCCCCCCCCCCCCC(=O)O. The van der Waals surface area contributed by atoms with Crippen LogP contribution >= 0.6 is 7.60 Å². The van der Waals surface area contributed by atoms with Crippen LogP contribution in [0, 0.1) is 0 Å². The molecule has 0 aliphatic heterocycles. The third kappa shape index (κ3) is 19.9. The van der Waals surface area contributed by atoms with Gasteiger partial charge in [0, 0.05) is 19.7 Å². The Morgan fingerprint density at radius 2 is 1.00 bits per heavy atom. The average molecular weight is 393 g/mol. The van der Waals surface area contributed by atoms with Gasteiger partial charge in [-0.25, -0.2) is 0 Å². The molecule has 0 spiro atoms. The number of hydrogen-bond acceptors (Lipinski definition) is 3. The van der Waals surface area contributed by atoms with E-state index in [1.54, 1.807) is 0 Å². The molecule has 0 aromatic heterocycles. The fourth-order valence-corrected chi connectivity index (χ4v) is 3.96. The molecule has 0 aromatic carbocycles. The lowest BCUT2D eigenvalue weighted by atomic mass is 10.0. The Morgan fingerprint density at radius 3 is 1.31 bits per heavy atom. The minimum atomic E-state index is -3.29. The van der Waals surface area contributed by atoms with Gasteiger partial charge in [0.25, 0.3) is 0 Å². The smallest absolute Gasteiger partial charge is 0.327 e. The van der Waals surface area contributed by atoms with Crippen LogP contribution in [0.15, 0.2) is 0 Å². The molecule has 0 rings (SSSR count). The summed E-state index contributed by atoms with van der Waals surface area (Å²) in [6, 6.07) is 0. The van der Waals surface area contributed by atoms with Crippen molar-refractivity contribution in [2.24, 2.45) is 0 Å². The van der Waals surface area contributed by atoms with E-state index in [4.69, 9.17) is 5.11 Å². The van der Waals surface area contributed by atoms with Crippen LogP contribution in [0.3, 0.4) is 0 Å². The largest absolute Gasteiger partial charge is 0.481 e. The molecular weight excluding hydrogens is 351 g/mol. The summed E-state index contributed by atoms with van der Waals surface area (Å²) in [6.45, 7) is 0. The highest BCUT2D eigenvalue weighted by atomic mass is 31.2. The average Bonchev–Trinajstić information content (AvgIpc) is 2.60. The van der Waals surface area contributed by atoms with Crippen LogP contribution in [-0.4, -0.2) is 29.2 Å². The van der Waals surface area contributed by atoms with E-state index in [0.717, 1.165) is 32.1 Å². The molecule has 0 saturated heterocycles. The number of carbonyl (C=O) groups is 1. The molecular formula is C20H41O5P. The molecule has 1 atom stereocenters. The van der Waals surface area contributed by atoms with Crippen molar-refractivity contribution in [1.82, 2.24) is 0 Å². The summed E-state index contributed by atoms with van der Waals surface area (Å²) in [5, 5.41) is 8.55. The number of hydrogen-bond donors (Lipinski definition) is 2. The molecule has 0 bridgehead atoms. The molecule has 0 amide bonds. The number of aliphatic carboxylic acids is 1. The second-order valence-corrected chi connectivity index (χ2v) is 9.43. The minimum absolute atomic E-state index is 0.284. The van der Waals surface area contributed by atoms with Crippen molar-refractivity contribution in [2.75, 3.05) is 13.3 Å². The molecule has 0 aromatic rings.